The number of pyridine rings is 1. The first-order valence-corrected chi connectivity index (χ1v) is 10.9. The number of nitrogens with one attached hydrogen (secondary N) is 2. The summed E-state index contributed by atoms with van der Waals surface area (Å²) in [6, 6.07) is 3.59. The Hall–Kier alpha value is -2.85. The van der Waals surface area contributed by atoms with Crippen LogP contribution in [0.3, 0.4) is 0 Å². The number of aromatic nitrogens is 4. The molecule has 1 aliphatic heterocycles. The van der Waals surface area contributed by atoms with Gasteiger partial charge in [0, 0.05) is 12.7 Å². The normalized spacial score (nSPS) is 15.3. The van der Waals surface area contributed by atoms with E-state index in [1.165, 1.54) is 11.3 Å². The van der Waals surface area contributed by atoms with Crippen LogP contribution in [0.1, 0.15) is 40.5 Å². The molecule has 0 bridgehead atoms. The maximum atomic E-state index is 12.2. The van der Waals surface area contributed by atoms with Crippen LogP contribution in [-0.4, -0.2) is 50.6 Å². The third-order valence-electron chi connectivity index (χ3n) is 5.32. The highest BCUT2D eigenvalue weighted by atomic mass is 32.1. The Balaban J connectivity index is 1.20. The first kappa shape index (κ1) is 20.4. The Kier molecular flexibility index (Phi) is 6.34. The van der Waals surface area contributed by atoms with Crippen LogP contribution in [0.15, 0.2) is 28.3 Å². The molecule has 1 saturated heterocycles. The molecule has 30 heavy (non-hydrogen) atoms. The molecule has 0 aliphatic carbocycles. The minimum atomic E-state index is -0.241. The van der Waals surface area contributed by atoms with E-state index in [1.807, 2.05) is 19.9 Å². The minimum Gasteiger partial charge on any atom is -0.444 e. The number of hydrogen-bond donors (Lipinski definition) is 2. The predicted molar refractivity (Wildman–Crippen MR) is 115 cm³/mol. The number of rotatable bonds is 7. The van der Waals surface area contributed by atoms with Gasteiger partial charge in [-0.05, 0) is 57.8 Å². The van der Waals surface area contributed by atoms with E-state index < -0.39 is 0 Å². The summed E-state index contributed by atoms with van der Waals surface area (Å²) in [4.78, 5) is 23.4. The fraction of sp³-hybridized carbons (Fsp3) is 0.450. The summed E-state index contributed by atoms with van der Waals surface area (Å²) in [6.45, 7) is 7.64. The van der Waals surface area contributed by atoms with Gasteiger partial charge < -0.3 is 9.73 Å². The SMILES string of the molecule is Cc1nc(CN2CCC(CNc3ccc(C(=O)Nc4nncs4)cn3)CC2)oc1C. The lowest BCUT2D eigenvalue weighted by Crippen LogP contribution is -2.35. The number of carbonyl (C=O) groups excluding carboxylic acids is 1. The summed E-state index contributed by atoms with van der Waals surface area (Å²) in [6.07, 6.45) is 3.81. The molecule has 0 atom stereocenters. The van der Waals surface area contributed by atoms with Gasteiger partial charge in [0.1, 0.15) is 17.1 Å². The van der Waals surface area contributed by atoms with Gasteiger partial charge in [-0.25, -0.2) is 9.97 Å². The van der Waals surface area contributed by atoms with Crippen molar-refractivity contribution in [3.05, 3.63) is 46.7 Å². The molecular weight excluding hydrogens is 402 g/mol. The number of nitrogens with zero attached hydrogens (tertiary/aromatic N) is 5. The molecule has 0 spiro atoms. The fourth-order valence-corrected chi connectivity index (χ4v) is 3.87. The van der Waals surface area contributed by atoms with Crippen LogP contribution < -0.4 is 10.6 Å². The third kappa shape index (κ3) is 5.19. The first-order chi connectivity index (χ1) is 14.6. The molecule has 10 heteroatoms. The molecule has 4 heterocycles. The zero-order chi connectivity index (χ0) is 20.9. The van der Waals surface area contributed by atoms with E-state index in [0.29, 0.717) is 16.6 Å². The van der Waals surface area contributed by atoms with Crippen LogP contribution in [0, 0.1) is 19.8 Å². The molecular formula is C20H25N7O2S. The van der Waals surface area contributed by atoms with E-state index in [2.05, 4.69) is 35.7 Å². The topological polar surface area (TPSA) is 109 Å². The van der Waals surface area contributed by atoms with Gasteiger partial charge in [0.25, 0.3) is 5.91 Å². The molecule has 0 unspecified atom stereocenters. The number of carbonyl (C=O) groups is 1. The summed E-state index contributed by atoms with van der Waals surface area (Å²) < 4.78 is 5.70. The van der Waals surface area contributed by atoms with E-state index in [-0.39, 0.29) is 5.91 Å². The van der Waals surface area contributed by atoms with Crippen LogP contribution >= 0.6 is 11.3 Å². The highest BCUT2D eigenvalue weighted by Crippen LogP contribution is 2.20. The third-order valence-corrected chi connectivity index (χ3v) is 5.92. The van der Waals surface area contributed by atoms with Gasteiger partial charge in [-0.2, -0.15) is 0 Å². The highest BCUT2D eigenvalue weighted by Gasteiger charge is 2.21. The number of anilines is 2. The predicted octanol–water partition coefficient (Wildman–Crippen LogP) is 3.11. The van der Waals surface area contributed by atoms with Crippen molar-refractivity contribution in [1.82, 2.24) is 25.1 Å². The smallest absolute Gasteiger partial charge is 0.259 e. The largest absolute Gasteiger partial charge is 0.444 e. The van der Waals surface area contributed by atoms with Crippen LogP contribution in [-0.2, 0) is 6.54 Å². The second kappa shape index (κ2) is 9.31. The quantitative estimate of drug-likeness (QED) is 0.592. The molecule has 1 fully saturated rings. The zero-order valence-electron chi connectivity index (χ0n) is 17.1. The monoisotopic (exact) mass is 427 g/mol. The van der Waals surface area contributed by atoms with Gasteiger partial charge in [0.05, 0.1) is 17.8 Å². The Labute approximate surface area is 178 Å². The molecule has 0 radical (unpaired) electrons. The number of piperidine rings is 1. The molecule has 9 nitrogen and oxygen atoms in total. The maximum absolute atomic E-state index is 12.2. The first-order valence-electron chi connectivity index (χ1n) is 9.99. The molecule has 3 aromatic heterocycles. The Morgan fingerprint density at radius 3 is 2.77 bits per heavy atom. The Morgan fingerprint density at radius 2 is 2.13 bits per heavy atom. The molecule has 0 saturated carbocycles. The molecule has 4 rings (SSSR count). The van der Waals surface area contributed by atoms with E-state index in [0.717, 1.165) is 62.2 Å². The fourth-order valence-electron chi connectivity index (χ4n) is 3.43. The van der Waals surface area contributed by atoms with Crippen LogP contribution in [0.4, 0.5) is 10.9 Å². The number of aryl methyl sites for hydroxylation is 2. The number of oxazole rings is 1. The van der Waals surface area contributed by atoms with E-state index >= 15 is 0 Å². The summed E-state index contributed by atoms with van der Waals surface area (Å²) in [5.41, 5.74) is 3.03. The molecule has 1 amide bonds. The zero-order valence-corrected chi connectivity index (χ0v) is 17.9. The lowest BCUT2D eigenvalue weighted by Gasteiger charge is -2.31. The van der Waals surface area contributed by atoms with Crippen molar-refractivity contribution in [3.8, 4) is 0 Å². The number of likely N-dealkylation sites (tertiary alicyclic amines) is 1. The van der Waals surface area contributed by atoms with Gasteiger partial charge in [-0.1, -0.05) is 11.3 Å². The molecule has 2 N–H and O–H groups in total. The summed E-state index contributed by atoms with van der Waals surface area (Å²) >= 11 is 1.28. The van der Waals surface area contributed by atoms with Crippen molar-refractivity contribution in [2.24, 2.45) is 5.92 Å². The van der Waals surface area contributed by atoms with Gasteiger partial charge in [0.2, 0.25) is 11.0 Å². The van der Waals surface area contributed by atoms with Crippen molar-refractivity contribution in [2.75, 3.05) is 30.3 Å². The molecule has 0 aromatic carbocycles. The van der Waals surface area contributed by atoms with Crippen molar-refractivity contribution < 1.29 is 9.21 Å². The minimum absolute atomic E-state index is 0.241. The average molecular weight is 428 g/mol. The summed E-state index contributed by atoms with van der Waals surface area (Å²) in [7, 11) is 0. The molecule has 158 valence electrons. The summed E-state index contributed by atoms with van der Waals surface area (Å²) in [5, 5.41) is 14.1. The van der Waals surface area contributed by atoms with E-state index in [1.54, 1.807) is 17.8 Å². The van der Waals surface area contributed by atoms with E-state index in [4.69, 9.17) is 4.42 Å². The Bertz CT molecular complexity index is 944. The van der Waals surface area contributed by atoms with Gasteiger partial charge in [-0.15, -0.1) is 10.2 Å². The molecule has 3 aromatic rings. The molecule has 1 aliphatic rings. The van der Waals surface area contributed by atoms with Crippen molar-refractivity contribution in [2.45, 2.75) is 33.2 Å². The second-order valence-electron chi connectivity index (χ2n) is 7.48. The van der Waals surface area contributed by atoms with Gasteiger partial charge in [0.15, 0.2) is 0 Å². The lowest BCUT2D eigenvalue weighted by molar-refractivity contribution is 0.102. The summed E-state index contributed by atoms with van der Waals surface area (Å²) in [5.74, 6) is 2.84. The Morgan fingerprint density at radius 1 is 1.30 bits per heavy atom. The van der Waals surface area contributed by atoms with Crippen molar-refractivity contribution >= 4 is 28.2 Å². The van der Waals surface area contributed by atoms with Crippen molar-refractivity contribution in [1.29, 1.82) is 0 Å². The number of amides is 1. The van der Waals surface area contributed by atoms with Gasteiger partial charge in [-0.3, -0.25) is 15.0 Å². The van der Waals surface area contributed by atoms with Crippen LogP contribution in [0.5, 0.6) is 0 Å². The average Bonchev–Trinajstić information content (AvgIpc) is 3.37. The maximum Gasteiger partial charge on any atom is 0.259 e. The van der Waals surface area contributed by atoms with E-state index in [9.17, 15) is 4.79 Å². The van der Waals surface area contributed by atoms with Gasteiger partial charge >= 0.3 is 0 Å². The highest BCUT2D eigenvalue weighted by molar-refractivity contribution is 7.13. The second-order valence-corrected chi connectivity index (χ2v) is 8.31. The van der Waals surface area contributed by atoms with Crippen molar-refractivity contribution in [3.63, 3.8) is 0 Å². The van der Waals surface area contributed by atoms with Crippen LogP contribution in [0.2, 0.25) is 0 Å². The number of hydrogen-bond acceptors (Lipinski definition) is 9. The van der Waals surface area contributed by atoms with Crippen LogP contribution in [0.25, 0.3) is 0 Å². The lowest BCUT2D eigenvalue weighted by atomic mass is 9.97. The standard InChI is InChI=1S/C20H25N7O2S/c1-13-14(2)29-18(24-13)11-27-7-5-15(6-8-27)9-21-17-4-3-16(10-22-17)19(28)25-20-26-23-12-30-20/h3-4,10,12,15H,5-9,11H2,1-2H3,(H,21,22)(H,25,26,28).